The molecule has 0 saturated carbocycles. The van der Waals surface area contributed by atoms with Crippen molar-refractivity contribution in [3.63, 3.8) is 0 Å². The summed E-state index contributed by atoms with van der Waals surface area (Å²) in [5.41, 5.74) is -0.655. The van der Waals surface area contributed by atoms with Crippen LogP contribution < -0.4 is 10.1 Å². The van der Waals surface area contributed by atoms with Crippen LogP contribution in [0, 0.1) is 12.8 Å². The van der Waals surface area contributed by atoms with Crippen LogP contribution in [0.25, 0.3) is 0 Å². The Bertz CT molecular complexity index is 1030. The fourth-order valence-corrected chi connectivity index (χ4v) is 3.72. The van der Waals surface area contributed by atoms with E-state index in [4.69, 9.17) is 4.74 Å². The van der Waals surface area contributed by atoms with Crippen LogP contribution in [0.1, 0.15) is 58.9 Å². The number of hydrogen-bond acceptors (Lipinski definition) is 4. The van der Waals surface area contributed by atoms with E-state index in [1.165, 1.54) is 18.4 Å². The maximum Gasteiger partial charge on any atom is 0.427 e. The fourth-order valence-electron chi connectivity index (χ4n) is 3.09. The highest BCUT2D eigenvalue weighted by atomic mass is 32.2. The van der Waals surface area contributed by atoms with Gasteiger partial charge in [-0.2, -0.15) is 13.2 Å². The van der Waals surface area contributed by atoms with Crippen molar-refractivity contribution in [2.75, 3.05) is 11.6 Å². The third-order valence-corrected chi connectivity index (χ3v) is 6.40. The summed E-state index contributed by atoms with van der Waals surface area (Å²) in [5, 5.41) is 2.82. The molecule has 0 unspecified atom stereocenters. The fraction of sp³-hybridized carbons (Fsp3) is 0.500. The Morgan fingerprint density at radius 3 is 1.83 bits per heavy atom. The molecule has 0 radical (unpaired) electrons. The molecule has 0 heterocycles. The van der Waals surface area contributed by atoms with E-state index in [0.29, 0.717) is 10.6 Å². The molecule has 0 saturated heterocycles. The number of alkyl halides is 3. The molecule has 0 aliphatic rings. The van der Waals surface area contributed by atoms with Crippen molar-refractivity contribution < 1.29 is 31.1 Å². The molecule has 2 aromatic rings. The van der Waals surface area contributed by atoms with Crippen molar-refractivity contribution in [1.29, 1.82) is 0 Å². The van der Waals surface area contributed by atoms with E-state index in [1.54, 1.807) is 36.4 Å². The molecule has 2 rings (SSSR count). The first-order chi connectivity index (χ1) is 16.1. The van der Waals surface area contributed by atoms with Crippen LogP contribution in [-0.4, -0.2) is 32.4 Å². The van der Waals surface area contributed by atoms with Gasteiger partial charge in [-0.3, -0.25) is 4.79 Å². The van der Waals surface area contributed by atoms with Gasteiger partial charge >= 0.3 is 6.18 Å². The van der Waals surface area contributed by atoms with E-state index in [-0.39, 0.29) is 17.6 Å². The molecule has 1 amide bonds. The minimum atomic E-state index is -4.46. The number of sulfone groups is 1. The number of rotatable bonds is 9. The zero-order valence-electron chi connectivity index (χ0n) is 21.2. The van der Waals surface area contributed by atoms with Crippen LogP contribution >= 0.6 is 0 Å². The number of anilines is 1. The SMILES string of the molecule is CCCC(CCC)C(=O)Nc1ccc(OC(C)(C)C(F)(F)F)cc1.Cc1ccc(S(C)(=O)=O)cc1. The van der Waals surface area contributed by atoms with Gasteiger partial charge in [-0.25, -0.2) is 8.42 Å². The highest BCUT2D eigenvalue weighted by molar-refractivity contribution is 7.90. The van der Waals surface area contributed by atoms with E-state index >= 15 is 0 Å². The molecular weight excluding hydrogens is 479 g/mol. The average Bonchev–Trinajstić information content (AvgIpc) is 2.74. The Morgan fingerprint density at radius 2 is 1.43 bits per heavy atom. The molecule has 5 nitrogen and oxygen atoms in total. The molecule has 35 heavy (non-hydrogen) atoms. The Labute approximate surface area is 207 Å². The van der Waals surface area contributed by atoms with Crippen LogP contribution in [0.15, 0.2) is 53.4 Å². The van der Waals surface area contributed by atoms with Crippen molar-refractivity contribution in [1.82, 2.24) is 0 Å². The number of carbonyl (C=O) groups is 1. The average molecular weight is 516 g/mol. The highest BCUT2D eigenvalue weighted by Gasteiger charge is 2.49. The summed E-state index contributed by atoms with van der Waals surface area (Å²) in [4.78, 5) is 12.6. The van der Waals surface area contributed by atoms with Crippen LogP contribution in [0.4, 0.5) is 18.9 Å². The van der Waals surface area contributed by atoms with E-state index in [2.05, 4.69) is 5.32 Å². The molecule has 0 fully saturated rings. The zero-order chi connectivity index (χ0) is 26.9. The lowest BCUT2D eigenvalue weighted by molar-refractivity contribution is -0.234. The lowest BCUT2D eigenvalue weighted by Gasteiger charge is -2.28. The predicted molar refractivity (Wildman–Crippen MR) is 133 cm³/mol. The number of carbonyl (C=O) groups excluding carboxylic acids is 1. The summed E-state index contributed by atoms with van der Waals surface area (Å²) >= 11 is 0. The lowest BCUT2D eigenvalue weighted by Crippen LogP contribution is -2.44. The standard InChI is InChI=1S/C18H26F3NO2.C8H10O2S/c1-5-7-13(8-6-2)16(23)22-14-9-11-15(12-10-14)24-17(3,4)18(19,20)21;1-7-3-5-8(6-4-7)11(2,9)10/h9-13H,5-8H2,1-4H3,(H,22,23);3-6H,1-2H3. The first-order valence-corrected chi connectivity index (χ1v) is 13.4. The second-order valence-corrected chi connectivity index (χ2v) is 11.0. The summed E-state index contributed by atoms with van der Waals surface area (Å²) in [7, 11) is -3.02. The molecule has 196 valence electrons. The first kappa shape index (κ1) is 30.5. The molecule has 0 bridgehead atoms. The quantitative estimate of drug-likeness (QED) is 0.392. The molecule has 0 aliphatic carbocycles. The highest BCUT2D eigenvalue weighted by Crippen LogP contribution is 2.34. The van der Waals surface area contributed by atoms with Crippen molar-refractivity contribution in [2.24, 2.45) is 5.92 Å². The second kappa shape index (κ2) is 13.0. The predicted octanol–water partition coefficient (Wildman–Crippen LogP) is 6.96. The van der Waals surface area contributed by atoms with E-state index < -0.39 is 21.6 Å². The molecular formula is C26H36F3NO4S. The van der Waals surface area contributed by atoms with Crippen LogP contribution in [0.2, 0.25) is 0 Å². The number of benzene rings is 2. The molecule has 0 atom stereocenters. The number of nitrogens with one attached hydrogen (secondary N) is 1. The topological polar surface area (TPSA) is 72.5 Å². The third-order valence-electron chi connectivity index (χ3n) is 5.27. The summed E-state index contributed by atoms with van der Waals surface area (Å²) in [6.07, 6.45) is 0.237. The third kappa shape index (κ3) is 10.3. The van der Waals surface area contributed by atoms with Gasteiger partial charge < -0.3 is 10.1 Å². The number of ether oxygens (including phenoxy) is 1. The zero-order valence-corrected chi connectivity index (χ0v) is 22.0. The number of hydrogen-bond donors (Lipinski definition) is 1. The van der Waals surface area contributed by atoms with Crippen LogP contribution in [-0.2, 0) is 14.6 Å². The Kier molecular flexibility index (Phi) is 11.3. The molecule has 0 aliphatic heterocycles. The molecule has 1 N–H and O–H groups in total. The lowest BCUT2D eigenvalue weighted by atomic mass is 9.97. The van der Waals surface area contributed by atoms with Crippen LogP contribution in [0.3, 0.4) is 0 Å². The van der Waals surface area contributed by atoms with Gasteiger partial charge in [-0.15, -0.1) is 0 Å². The summed E-state index contributed by atoms with van der Waals surface area (Å²) in [6.45, 7) is 7.94. The number of aryl methyl sites for hydroxylation is 1. The largest absolute Gasteiger partial charge is 0.478 e. The van der Waals surface area contributed by atoms with Gasteiger partial charge in [0.1, 0.15) is 5.75 Å². The minimum absolute atomic E-state index is 0.0416. The van der Waals surface area contributed by atoms with Crippen molar-refractivity contribution in [3.8, 4) is 5.75 Å². The first-order valence-electron chi connectivity index (χ1n) is 11.5. The van der Waals surface area contributed by atoms with E-state index in [9.17, 15) is 26.4 Å². The van der Waals surface area contributed by atoms with Gasteiger partial charge in [-0.1, -0.05) is 44.4 Å². The second-order valence-electron chi connectivity index (χ2n) is 8.98. The monoisotopic (exact) mass is 515 g/mol. The van der Waals surface area contributed by atoms with Gasteiger partial charge in [-0.05, 0) is 70.0 Å². The van der Waals surface area contributed by atoms with Gasteiger partial charge in [0, 0.05) is 17.9 Å². The maximum absolute atomic E-state index is 12.8. The maximum atomic E-state index is 12.8. The number of halogens is 3. The minimum Gasteiger partial charge on any atom is -0.478 e. The summed E-state index contributed by atoms with van der Waals surface area (Å²) in [5.74, 6) is 0.0112. The Morgan fingerprint density at radius 1 is 0.943 bits per heavy atom. The van der Waals surface area contributed by atoms with Gasteiger partial charge in [0.2, 0.25) is 5.91 Å². The van der Waals surface area contributed by atoms with Crippen molar-refractivity contribution in [3.05, 3.63) is 54.1 Å². The normalized spacial score (nSPS) is 12.1. The van der Waals surface area contributed by atoms with Crippen LogP contribution in [0.5, 0.6) is 5.75 Å². The summed E-state index contributed by atoms with van der Waals surface area (Å²) < 4.78 is 65.4. The smallest absolute Gasteiger partial charge is 0.427 e. The Hall–Kier alpha value is -2.55. The van der Waals surface area contributed by atoms with E-state index in [1.807, 2.05) is 20.8 Å². The molecule has 0 spiro atoms. The van der Waals surface area contributed by atoms with Gasteiger partial charge in [0.15, 0.2) is 15.4 Å². The van der Waals surface area contributed by atoms with Crippen molar-refractivity contribution >= 4 is 21.4 Å². The van der Waals surface area contributed by atoms with Gasteiger partial charge in [0.05, 0.1) is 4.90 Å². The molecule has 9 heteroatoms. The van der Waals surface area contributed by atoms with Gasteiger partial charge in [0.25, 0.3) is 0 Å². The Balaban J connectivity index is 0.000000462. The molecule has 2 aromatic carbocycles. The summed E-state index contributed by atoms with van der Waals surface area (Å²) in [6, 6.07) is 12.8. The van der Waals surface area contributed by atoms with E-state index in [0.717, 1.165) is 45.1 Å². The van der Waals surface area contributed by atoms with Crippen molar-refractivity contribution in [2.45, 2.75) is 77.0 Å². The molecule has 0 aromatic heterocycles. The number of amides is 1.